The van der Waals surface area contributed by atoms with Gasteiger partial charge in [0.25, 0.3) is 5.56 Å². The molecule has 0 bridgehead atoms. The molecule has 0 saturated carbocycles. The van der Waals surface area contributed by atoms with E-state index in [0.717, 1.165) is 5.56 Å². The van der Waals surface area contributed by atoms with Gasteiger partial charge in [-0.2, -0.15) is 0 Å². The number of hydrogen-bond acceptors (Lipinski definition) is 3. The van der Waals surface area contributed by atoms with Crippen molar-refractivity contribution in [2.24, 2.45) is 0 Å². The summed E-state index contributed by atoms with van der Waals surface area (Å²) in [7, 11) is 0. The summed E-state index contributed by atoms with van der Waals surface area (Å²) in [4.78, 5) is 28.2. The second-order valence-electron chi connectivity index (χ2n) is 4.73. The average Bonchev–Trinajstić information content (AvgIpc) is 2.45. The Morgan fingerprint density at radius 3 is 2.52 bits per heavy atom. The van der Waals surface area contributed by atoms with Crippen LogP contribution in [0.5, 0.6) is 0 Å². The van der Waals surface area contributed by atoms with Crippen molar-refractivity contribution < 1.29 is 9.90 Å². The van der Waals surface area contributed by atoms with Gasteiger partial charge in [-0.1, -0.05) is 30.3 Å². The smallest absolute Gasteiger partial charge is 0.303 e. The summed E-state index contributed by atoms with van der Waals surface area (Å²) in [6.07, 6.45) is 1.80. The molecule has 0 unspecified atom stereocenters. The Labute approximate surface area is 126 Å². The molecule has 5 nitrogen and oxygen atoms in total. The van der Waals surface area contributed by atoms with Gasteiger partial charge in [0, 0.05) is 12.0 Å². The Morgan fingerprint density at radius 2 is 1.86 bits per heavy atom. The first-order chi connectivity index (χ1) is 10.1. The van der Waals surface area contributed by atoms with Crippen LogP contribution in [0.2, 0.25) is 0 Å². The number of carboxylic acids is 1. The van der Waals surface area contributed by atoms with Crippen molar-refractivity contribution in [1.29, 1.82) is 0 Å². The van der Waals surface area contributed by atoms with E-state index in [-0.39, 0.29) is 16.8 Å². The molecule has 110 valence electrons. The minimum atomic E-state index is -0.820. The standard InChI is InChI=1S/C15H16N2O3S/c18-12(19)9-5-4-8-11-13(10-6-2-1-3-7-10)16-15(21)17-14(11)20/h1-3,6-7H,4-5,8-9H2,(H,18,19)(H2,16,17,20,21). The first-order valence-corrected chi connectivity index (χ1v) is 7.11. The number of unbranched alkanes of at least 4 members (excludes halogenated alkanes) is 1. The molecule has 0 aliphatic carbocycles. The maximum Gasteiger partial charge on any atom is 0.303 e. The third kappa shape index (κ3) is 4.13. The number of aromatic nitrogens is 2. The molecule has 0 radical (unpaired) electrons. The quantitative estimate of drug-likeness (QED) is 0.566. The van der Waals surface area contributed by atoms with Crippen LogP contribution in [-0.4, -0.2) is 21.0 Å². The Morgan fingerprint density at radius 1 is 1.14 bits per heavy atom. The number of rotatable bonds is 6. The molecule has 0 saturated heterocycles. The van der Waals surface area contributed by atoms with Crippen molar-refractivity contribution in [3.63, 3.8) is 0 Å². The number of aromatic amines is 2. The lowest BCUT2D eigenvalue weighted by atomic mass is 10.0. The Hall–Kier alpha value is -2.21. The van der Waals surface area contributed by atoms with Crippen LogP contribution in [0, 0.1) is 4.77 Å². The Kier molecular flexibility index (Phi) is 5.05. The van der Waals surface area contributed by atoms with Crippen LogP contribution in [0.15, 0.2) is 35.1 Å². The van der Waals surface area contributed by atoms with Crippen molar-refractivity contribution in [2.45, 2.75) is 25.7 Å². The average molecular weight is 304 g/mol. The van der Waals surface area contributed by atoms with Crippen molar-refractivity contribution in [3.8, 4) is 11.3 Å². The maximum atomic E-state index is 12.1. The third-order valence-electron chi connectivity index (χ3n) is 3.17. The van der Waals surface area contributed by atoms with Crippen LogP contribution in [-0.2, 0) is 11.2 Å². The van der Waals surface area contributed by atoms with Gasteiger partial charge in [-0.25, -0.2) is 0 Å². The molecule has 1 aromatic carbocycles. The summed E-state index contributed by atoms with van der Waals surface area (Å²) in [5.74, 6) is -0.820. The molecule has 2 rings (SSSR count). The van der Waals surface area contributed by atoms with Gasteiger partial charge in [0.1, 0.15) is 0 Å². The number of benzene rings is 1. The highest BCUT2D eigenvalue weighted by Crippen LogP contribution is 2.20. The monoisotopic (exact) mass is 304 g/mol. The van der Waals surface area contributed by atoms with Crippen molar-refractivity contribution >= 4 is 18.2 Å². The van der Waals surface area contributed by atoms with E-state index in [4.69, 9.17) is 17.3 Å². The highest BCUT2D eigenvalue weighted by molar-refractivity contribution is 7.71. The molecule has 0 aliphatic heterocycles. The zero-order valence-electron chi connectivity index (χ0n) is 11.4. The summed E-state index contributed by atoms with van der Waals surface area (Å²) in [5, 5.41) is 8.65. The molecule has 21 heavy (non-hydrogen) atoms. The Bertz CT molecular complexity index is 735. The van der Waals surface area contributed by atoms with Crippen molar-refractivity contribution in [3.05, 3.63) is 51.0 Å². The molecular formula is C15H16N2O3S. The largest absolute Gasteiger partial charge is 0.481 e. The molecule has 1 aromatic heterocycles. The predicted molar refractivity (Wildman–Crippen MR) is 82.9 cm³/mol. The summed E-state index contributed by atoms with van der Waals surface area (Å²) in [5.41, 5.74) is 2.00. The lowest BCUT2D eigenvalue weighted by Gasteiger charge is -2.08. The fourth-order valence-corrected chi connectivity index (χ4v) is 2.37. The van der Waals surface area contributed by atoms with E-state index < -0.39 is 5.97 Å². The highest BCUT2D eigenvalue weighted by Gasteiger charge is 2.10. The van der Waals surface area contributed by atoms with E-state index >= 15 is 0 Å². The van der Waals surface area contributed by atoms with Gasteiger partial charge in [0.2, 0.25) is 0 Å². The third-order valence-corrected chi connectivity index (χ3v) is 3.38. The second-order valence-corrected chi connectivity index (χ2v) is 5.14. The minimum Gasteiger partial charge on any atom is -0.481 e. The molecule has 3 N–H and O–H groups in total. The Balaban J connectivity index is 2.29. The van der Waals surface area contributed by atoms with Crippen LogP contribution in [0.3, 0.4) is 0 Å². The lowest BCUT2D eigenvalue weighted by molar-refractivity contribution is -0.137. The predicted octanol–water partition coefficient (Wildman–Crippen LogP) is 2.90. The van der Waals surface area contributed by atoms with Gasteiger partial charge in [0.15, 0.2) is 4.77 Å². The first-order valence-electron chi connectivity index (χ1n) is 6.70. The van der Waals surface area contributed by atoms with Gasteiger partial charge in [-0.05, 0) is 37.0 Å². The van der Waals surface area contributed by atoms with E-state index in [9.17, 15) is 9.59 Å². The van der Waals surface area contributed by atoms with Gasteiger partial charge >= 0.3 is 5.97 Å². The summed E-state index contributed by atoms with van der Waals surface area (Å²) < 4.78 is 0.285. The number of aliphatic carboxylic acids is 1. The molecule has 0 aliphatic rings. The zero-order chi connectivity index (χ0) is 15.2. The van der Waals surface area contributed by atoms with Gasteiger partial charge in [-0.15, -0.1) is 0 Å². The molecule has 0 fully saturated rings. The number of H-pyrrole nitrogens is 2. The van der Waals surface area contributed by atoms with E-state index in [0.29, 0.717) is 30.5 Å². The van der Waals surface area contributed by atoms with E-state index in [1.165, 1.54) is 0 Å². The minimum absolute atomic E-state index is 0.113. The van der Waals surface area contributed by atoms with Crippen molar-refractivity contribution in [1.82, 2.24) is 9.97 Å². The molecule has 1 heterocycles. The summed E-state index contributed by atoms with van der Waals surface area (Å²) in [6, 6.07) is 9.49. The van der Waals surface area contributed by atoms with Crippen LogP contribution >= 0.6 is 12.2 Å². The normalized spacial score (nSPS) is 10.5. The van der Waals surface area contributed by atoms with Gasteiger partial charge in [0.05, 0.1) is 5.69 Å². The molecule has 0 spiro atoms. The van der Waals surface area contributed by atoms with E-state index in [1.807, 2.05) is 30.3 Å². The number of carboxylic acid groups (broad SMARTS) is 1. The maximum absolute atomic E-state index is 12.1. The van der Waals surface area contributed by atoms with Gasteiger partial charge < -0.3 is 10.1 Å². The molecule has 6 heteroatoms. The fourth-order valence-electron chi connectivity index (χ4n) is 2.18. The highest BCUT2D eigenvalue weighted by atomic mass is 32.1. The van der Waals surface area contributed by atoms with Crippen LogP contribution in [0.25, 0.3) is 11.3 Å². The van der Waals surface area contributed by atoms with E-state index in [1.54, 1.807) is 0 Å². The van der Waals surface area contributed by atoms with Crippen LogP contribution < -0.4 is 5.56 Å². The van der Waals surface area contributed by atoms with Gasteiger partial charge in [-0.3, -0.25) is 14.6 Å². The SMILES string of the molecule is O=C(O)CCCCc1c(-c2ccccc2)[nH]c(=S)[nH]c1=O. The molecule has 2 aromatic rings. The molecular weight excluding hydrogens is 288 g/mol. The summed E-state index contributed by atoms with van der Waals surface area (Å²) in [6.45, 7) is 0. The van der Waals surface area contributed by atoms with Crippen LogP contribution in [0.1, 0.15) is 24.8 Å². The van der Waals surface area contributed by atoms with Crippen LogP contribution in [0.4, 0.5) is 0 Å². The number of nitrogens with one attached hydrogen (secondary N) is 2. The molecule has 0 atom stereocenters. The molecule has 0 amide bonds. The number of hydrogen-bond donors (Lipinski definition) is 3. The van der Waals surface area contributed by atoms with E-state index in [2.05, 4.69) is 9.97 Å². The second kappa shape index (κ2) is 6.99. The number of carbonyl (C=O) groups is 1. The summed E-state index contributed by atoms with van der Waals surface area (Å²) >= 11 is 5.03. The first kappa shape index (κ1) is 15.2. The fraction of sp³-hybridized carbons (Fsp3) is 0.267. The van der Waals surface area contributed by atoms with Crippen molar-refractivity contribution in [2.75, 3.05) is 0 Å². The zero-order valence-corrected chi connectivity index (χ0v) is 12.2. The lowest BCUT2D eigenvalue weighted by Crippen LogP contribution is -2.16. The topological polar surface area (TPSA) is 85.9 Å².